The van der Waals surface area contributed by atoms with Crippen molar-refractivity contribution < 1.29 is 8.42 Å². The molecule has 3 nitrogen and oxygen atoms in total. The van der Waals surface area contributed by atoms with Crippen LogP contribution in [0.2, 0.25) is 0 Å². The van der Waals surface area contributed by atoms with E-state index in [1.54, 1.807) is 0 Å². The van der Waals surface area contributed by atoms with Crippen molar-refractivity contribution in [2.75, 3.05) is 11.5 Å². The van der Waals surface area contributed by atoms with Crippen molar-refractivity contribution in [2.45, 2.75) is 39.2 Å². The first-order valence-corrected chi connectivity index (χ1v) is 6.08. The zero-order valence-electron chi connectivity index (χ0n) is 8.13. The Morgan fingerprint density at radius 1 is 1.25 bits per heavy atom. The highest BCUT2D eigenvalue weighted by atomic mass is 32.2. The molecule has 12 heavy (non-hydrogen) atoms. The zero-order chi connectivity index (χ0) is 9.83. The molecule has 0 unspecified atom stereocenters. The number of hydrogen-bond donors (Lipinski definition) is 1. The molecule has 0 spiro atoms. The van der Waals surface area contributed by atoms with Gasteiger partial charge in [0.25, 0.3) is 0 Å². The lowest BCUT2D eigenvalue weighted by Crippen LogP contribution is -2.34. The summed E-state index contributed by atoms with van der Waals surface area (Å²) >= 11 is 0. The van der Waals surface area contributed by atoms with Crippen molar-refractivity contribution in [2.24, 2.45) is 5.73 Å². The van der Waals surface area contributed by atoms with E-state index < -0.39 is 9.84 Å². The second-order valence-electron chi connectivity index (χ2n) is 3.89. The fourth-order valence-electron chi connectivity index (χ4n) is 0.832. The minimum atomic E-state index is -2.84. The summed E-state index contributed by atoms with van der Waals surface area (Å²) in [5, 5.41) is 0. The highest BCUT2D eigenvalue weighted by Gasteiger charge is 2.16. The molecule has 0 aromatic carbocycles. The number of nitrogens with two attached hydrogens (primary N) is 1. The van der Waals surface area contributed by atoms with Crippen molar-refractivity contribution in [3.8, 4) is 0 Å². The molecule has 0 aliphatic carbocycles. The fourth-order valence-corrected chi connectivity index (χ4v) is 2.49. The molecule has 0 atom stereocenters. The second-order valence-corrected chi connectivity index (χ2v) is 6.19. The largest absolute Gasteiger partial charge is 0.326 e. The third-order valence-corrected chi connectivity index (χ3v) is 3.43. The van der Waals surface area contributed by atoms with Crippen LogP contribution < -0.4 is 5.73 Å². The number of rotatable bonds is 5. The fraction of sp³-hybridized carbons (Fsp3) is 1.00. The van der Waals surface area contributed by atoms with Crippen molar-refractivity contribution in [1.82, 2.24) is 0 Å². The molecule has 0 aliphatic rings. The molecule has 0 rings (SSSR count). The van der Waals surface area contributed by atoms with E-state index in [9.17, 15) is 8.42 Å². The Balaban J connectivity index is 3.94. The minimum Gasteiger partial charge on any atom is -0.326 e. The summed E-state index contributed by atoms with van der Waals surface area (Å²) in [5.41, 5.74) is 5.30. The van der Waals surface area contributed by atoms with Crippen LogP contribution in [0.3, 0.4) is 0 Å². The van der Waals surface area contributed by atoms with Gasteiger partial charge >= 0.3 is 0 Å². The summed E-state index contributed by atoms with van der Waals surface area (Å²) in [6, 6.07) is 0. The molecule has 0 heterocycles. The average Bonchev–Trinajstić information content (AvgIpc) is 1.83. The van der Waals surface area contributed by atoms with Gasteiger partial charge in [-0.15, -0.1) is 0 Å². The number of hydrogen-bond acceptors (Lipinski definition) is 3. The van der Waals surface area contributed by atoms with Gasteiger partial charge in [-0.1, -0.05) is 6.92 Å². The zero-order valence-corrected chi connectivity index (χ0v) is 8.95. The maximum absolute atomic E-state index is 11.2. The summed E-state index contributed by atoms with van der Waals surface area (Å²) < 4.78 is 22.4. The highest BCUT2D eigenvalue weighted by molar-refractivity contribution is 7.91. The van der Waals surface area contributed by atoms with Crippen molar-refractivity contribution in [1.29, 1.82) is 0 Å². The third kappa shape index (κ3) is 6.61. The predicted molar refractivity (Wildman–Crippen MR) is 51.8 cm³/mol. The van der Waals surface area contributed by atoms with Crippen LogP contribution >= 0.6 is 0 Å². The van der Waals surface area contributed by atoms with Crippen LogP contribution in [-0.2, 0) is 9.84 Å². The summed E-state index contributed by atoms with van der Waals surface area (Å²) in [7, 11) is -2.84. The highest BCUT2D eigenvalue weighted by Crippen LogP contribution is 2.06. The van der Waals surface area contributed by atoms with Crippen LogP contribution in [0.5, 0.6) is 0 Å². The lowest BCUT2D eigenvalue weighted by Gasteiger charge is -2.17. The summed E-state index contributed by atoms with van der Waals surface area (Å²) in [6.07, 6.45) is 1.22. The minimum absolute atomic E-state index is 0.213. The molecule has 4 heteroatoms. The molecule has 0 bridgehead atoms. The molecular weight excluding hydrogens is 174 g/mol. The van der Waals surface area contributed by atoms with Gasteiger partial charge in [-0.2, -0.15) is 0 Å². The lowest BCUT2D eigenvalue weighted by molar-refractivity contribution is 0.495. The van der Waals surface area contributed by atoms with Gasteiger partial charge in [0, 0.05) is 11.3 Å². The van der Waals surface area contributed by atoms with E-state index in [4.69, 9.17) is 5.73 Å². The first kappa shape index (κ1) is 11.9. The van der Waals surface area contributed by atoms with Gasteiger partial charge in [0.1, 0.15) is 9.84 Å². The summed E-state index contributed by atoms with van der Waals surface area (Å²) in [4.78, 5) is 0. The molecule has 0 aliphatic heterocycles. The normalized spacial score (nSPS) is 13.3. The first-order valence-electron chi connectivity index (χ1n) is 4.26. The third-order valence-electron chi connectivity index (χ3n) is 1.57. The van der Waals surface area contributed by atoms with E-state index in [0.29, 0.717) is 12.8 Å². The SMILES string of the molecule is CCCS(=O)(=O)CCC(C)(C)N. The van der Waals surface area contributed by atoms with Crippen LogP contribution in [-0.4, -0.2) is 25.5 Å². The van der Waals surface area contributed by atoms with E-state index in [1.807, 2.05) is 20.8 Å². The van der Waals surface area contributed by atoms with Crippen molar-refractivity contribution >= 4 is 9.84 Å². The Hall–Kier alpha value is -0.0900. The van der Waals surface area contributed by atoms with Crippen LogP contribution in [0, 0.1) is 0 Å². The standard InChI is InChI=1S/C8H19NO2S/c1-4-6-12(10,11)7-5-8(2,3)9/h4-7,9H2,1-3H3. The van der Waals surface area contributed by atoms with Gasteiger partial charge in [-0.05, 0) is 26.7 Å². The van der Waals surface area contributed by atoms with E-state index in [1.165, 1.54) is 0 Å². The van der Waals surface area contributed by atoms with Gasteiger partial charge in [0.2, 0.25) is 0 Å². The molecule has 74 valence electrons. The molecule has 0 radical (unpaired) electrons. The lowest BCUT2D eigenvalue weighted by atomic mass is 10.0. The predicted octanol–water partition coefficient (Wildman–Crippen LogP) is 0.939. The van der Waals surface area contributed by atoms with Crippen LogP contribution in [0.25, 0.3) is 0 Å². The van der Waals surface area contributed by atoms with Crippen LogP contribution in [0.1, 0.15) is 33.6 Å². The van der Waals surface area contributed by atoms with Gasteiger partial charge in [0.05, 0.1) is 5.75 Å². The maximum Gasteiger partial charge on any atom is 0.150 e. The van der Waals surface area contributed by atoms with Crippen LogP contribution in [0.15, 0.2) is 0 Å². The average molecular weight is 193 g/mol. The quantitative estimate of drug-likeness (QED) is 0.707. The van der Waals surface area contributed by atoms with Crippen molar-refractivity contribution in [3.63, 3.8) is 0 Å². The topological polar surface area (TPSA) is 60.2 Å². The van der Waals surface area contributed by atoms with E-state index >= 15 is 0 Å². The number of sulfone groups is 1. The second kappa shape index (κ2) is 4.23. The van der Waals surface area contributed by atoms with Gasteiger partial charge in [-0.25, -0.2) is 8.42 Å². The smallest absolute Gasteiger partial charge is 0.150 e. The molecule has 0 aromatic rings. The summed E-state index contributed by atoms with van der Waals surface area (Å²) in [6.45, 7) is 5.55. The molecule has 0 saturated carbocycles. The molecule has 0 amide bonds. The Morgan fingerprint density at radius 3 is 2.08 bits per heavy atom. The van der Waals surface area contributed by atoms with Gasteiger partial charge < -0.3 is 5.73 Å². The molecule has 0 saturated heterocycles. The van der Waals surface area contributed by atoms with E-state index in [0.717, 1.165) is 0 Å². The van der Waals surface area contributed by atoms with Crippen molar-refractivity contribution in [3.05, 3.63) is 0 Å². The summed E-state index contributed by atoms with van der Waals surface area (Å²) in [5.74, 6) is 0.493. The van der Waals surface area contributed by atoms with Gasteiger partial charge in [0.15, 0.2) is 0 Å². The Bertz CT molecular complexity index is 214. The van der Waals surface area contributed by atoms with Crippen LogP contribution in [0.4, 0.5) is 0 Å². The molecular formula is C8H19NO2S. The van der Waals surface area contributed by atoms with Gasteiger partial charge in [-0.3, -0.25) is 0 Å². The molecule has 2 N–H and O–H groups in total. The Morgan fingerprint density at radius 2 is 1.75 bits per heavy atom. The Labute approximate surface area is 75.3 Å². The molecule has 0 aromatic heterocycles. The monoisotopic (exact) mass is 193 g/mol. The molecule has 0 fully saturated rings. The first-order chi connectivity index (χ1) is 5.27. The maximum atomic E-state index is 11.2. The van der Waals surface area contributed by atoms with E-state index in [2.05, 4.69) is 0 Å². The van der Waals surface area contributed by atoms with E-state index in [-0.39, 0.29) is 17.0 Å². The Kier molecular flexibility index (Phi) is 4.20.